The number of benzene rings is 2. The molecule has 0 aromatic heterocycles. The smallest absolute Gasteiger partial charge is 0.339 e. The molecule has 23 heavy (non-hydrogen) atoms. The third kappa shape index (κ3) is 3.46. The number of methoxy groups -OCH3 is 1. The number of hydrogen-bond acceptors (Lipinski definition) is 3. The van der Waals surface area contributed by atoms with E-state index in [-0.39, 0.29) is 22.4 Å². The zero-order valence-electron chi connectivity index (χ0n) is 12.6. The zero-order valence-corrected chi connectivity index (χ0v) is 13.3. The number of halogens is 1. The summed E-state index contributed by atoms with van der Waals surface area (Å²) >= 11 is 5.85. The molecule has 2 aromatic carbocycles. The molecule has 0 spiro atoms. The van der Waals surface area contributed by atoms with E-state index in [4.69, 9.17) is 16.3 Å². The fourth-order valence-electron chi connectivity index (χ4n) is 2.48. The van der Waals surface area contributed by atoms with Gasteiger partial charge in [0, 0.05) is 17.0 Å². The highest BCUT2D eigenvalue weighted by molar-refractivity contribution is 6.30. The minimum absolute atomic E-state index is 0.0489. The molecule has 0 aliphatic carbocycles. The first-order chi connectivity index (χ1) is 10.8. The van der Waals surface area contributed by atoms with Gasteiger partial charge >= 0.3 is 11.9 Å². The molecule has 2 aromatic rings. The first-order valence-electron chi connectivity index (χ1n) is 6.76. The summed E-state index contributed by atoms with van der Waals surface area (Å²) < 4.78 is 5.25. The second-order valence-electron chi connectivity index (χ2n) is 5.03. The van der Waals surface area contributed by atoms with Crippen LogP contribution >= 0.6 is 11.6 Å². The van der Waals surface area contributed by atoms with Crippen LogP contribution in [0.25, 0.3) is 0 Å². The van der Waals surface area contributed by atoms with Gasteiger partial charge in [-0.05, 0) is 36.2 Å². The van der Waals surface area contributed by atoms with Gasteiger partial charge in [0.05, 0.1) is 12.7 Å². The Kier molecular flexibility index (Phi) is 4.91. The Morgan fingerprint density at radius 3 is 2.22 bits per heavy atom. The van der Waals surface area contributed by atoms with Crippen molar-refractivity contribution < 1.29 is 24.5 Å². The van der Waals surface area contributed by atoms with Crippen molar-refractivity contribution in [1.82, 2.24) is 0 Å². The van der Waals surface area contributed by atoms with Crippen molar-refractivity contribution >= 4 is 23.5 Å². The Hall–Kier alpha value is -2.53. The molecule has 6 heteroatoms. The van der Waals surface area contributed by atoms with E-state index in [1.807, 2.05) is 0 Å². The molecule has 0 bridgehead atoms. The summed E-state index contributed by atoms with van der Waals surface area (Å²) in [4.78, 5) is 22.9. The highest BCUT2D eigenvalue weighted by Gasteiger charge is 2.24. The quantitative estimate of drug-likeness (QED) is 0.872. The predicted molar refractivity (Wildman–Crippen MR) is 85.9 cm³/mol. The van der Waals surface area contributed by atoms with Crippen molar-refractivity contribution in [2.24, 2.45) is 0 Å². The van der Waals surface area contributed by atoms with Crippen LogP contribution in [0.15, 0.2) is 30.3 Å². The maximum atomic E-state index is 11.5. The predicted octanol–water partition coefficient (Wildman–Crippen LogP) is 3.64. The van der Waals surface area contributed by atoms with E-state index in [9.17, 15) is 19.8 Å². The lowest BCUT2D eigenvalue weighted by Gasteiger charge is -2.16. The van der Waals surface area contributed by atoms with Crippen molar-refractivity contribution in [2.75, 3.05) is 7.11 Å². The highest BCUT2D eigenvalue weighted by Crippen LogP contribution is 2.32. The Morgan fingerprint density at radius 1 is 1.13 bits per heavy atom. The van der Waals surface area contributed by atoms with Crippen LogP contribution in [-0.4, -0.2) is 29.3 Å². The van der Waals surface area contributed by atoms with Crippen LogP contribution < -0.4 is 4.74 Å². The molecule has 0 saturated heterocycles. The SMILES string of the molecule is COc1c(Cc2ccc(Cl)cc2)cc(C(=O)O)c(C)c1C(=O)O. The largest absolute Gasteiger partial charge is 0.496 e. The van der Waals surface area contributed by atoms with Crippen LogP contribution in [-0.2, 0) is 6.42 Å². The van der Waals surface area contributed by atoms with E-state index in [0.29, 0.717) is 17.0 Å². The lowest BCUT2D eigenvalue weighted by molar-refractivity contribution is 0.0692. The minimum atomic E-state index is -1.22. The minimum Gasteiger partial charge on any atom is -0.496 e. The number of carboxylic acids is 2. The Balaban J connectivity index is 2.63. The number of rotatable bonds is 5. The van der Waals surface area contributed by atoms with E-state index in [1.165, 1.54) is 20.1 Å². The van der Waals surface area contributed by atoms with E-state index in [0.717, 1.165) is 5.56 Å². The monoisotopic (exact) mass is 334 g/mol. The molecule has 120 valence electrons. The summed E-state index contributed by atoms with van der Waals surface area (Å²) in [6.07, 6.45) is 0.335. The molecule has 0 aliphatic heterocycles. The molecule has 2 rings (SSSR count). The molecule has 0 aliphatic rings. The number of hydrogen-bond donors (Lipinski definition) is 2. The van der Waals surface area contributed by atoms with E-state index < -0.39 is 11.9 Å². The first-order valence-corrected chi connectivity index (χ1v) is 7.14. The van der Waals surface area contributed by atoms with Gasteiger partial charge in [0.15, 0.2) is 0 Å². The van der Waals surface area contributed by atoms with Gasteiger partial charge in [0.2, 0.25) is 0 Å². The van der Waals surface area contributed by atoms with Crippen molar-refractivity contribution in [2.45, 2.75) is 13.3 Å². The van der Waals surface area contributed by atoms with Crippen LogP contribution in [0.3, 0.4) is 0 Å². The fourth-order valence-corrected chi connectivity index (χ4v) is 2.61. The average Bonchev–Trinajstić information content (AvgIpc) is 2.49. The van der Waals surface area contributed by atoms with Gasteiger partial charge in [-0.15, -0.1) is 0 Å². The summed E-state index contributed by atoms with van der Waals surface area (Å²) in [7, 11) is 1.37. The third-order valence-electron chi connectivity index (χ3n) is 3.57. The summed E-state index contributed by atoms with van der Waals surface area (Å²) in [5, 5.41) is 19.3. The van der Waals surface area contributed by atoms with Crippen LogP contribution in [0.1, 0.15) is 37.4 Å². The maximum absolute atomic E-state index is 11.5. The summed E-state index contributed by atoms with van der Waals surface area (Å²) in [5.41, 5.74) is 1.35. The lowest BCUT2D eigenvalue weighted by atomic mass is 9.93. The topological polar surface area (TPSA) is 83.8 Å². The molecule has 2 N–H and O–H groups in total. The fraction of sp³-hybridized carbons (Fsp3) is 0.176. The molecular weight excluding hydrogens is 320 g/mol. The van der Waals surface area contributed by atoms with E-state index >= 15 is 0 Å². The second-order valence-corrected chi connectivity index (χ2v) is 5.47. The standard InChI is InChI=1S/C17H15ClO5/c1-9-13(16(19)20)8-11(15(23-2)14(9)17(21)22)7-10-3-5-12(18)6-4-10/h3-6,8H,7H2,1-2H3,(H,19,20)(H,21,22). The lowest BCUT2D eigenvalue weighted by Crippen LogP contribution is -2.12. The van der Waals surface area contributed by atoms with Gasteiger partial charge < -0.3 is 14.9 Å². The van der Waals surface area contributed by atoms with Crippen LogP contribution in [0, 0.1) is 6.92 Å². The number of carboxylic acid groups (broad SMARTS) is 2. The van der Waals surface area contributed by atoms with Gasteiger partial charge in [-0.3, -0.25) is 0 Å². The summed E-state index contributed by atoms with van der Waals surface area (Å²) in [6, 6.07) is 8.48. The molecular formula is C17H15ClO5. The average molecular weight is 335 g/mol. The molecule has 0 fully saturated rings. The normalized spacial score (nSPS) is 10.4. The Labute approximate surface area is 138 Å². The zero-order chi connectivity index (χ0) is 17.1. The van der Waals surface area contributed by atoms with Crippen LogP contribution in [0.5, 0.6) is 5.75 Å². The van der Waals surface area contributed by atoms with Gasteiger partial charge in [-0.25, -0.2) is 9.59 Å². The van der Waals surface area contributed by atoms with Crippen molar-refractivity contribution in [3.63, 3.8) is 0 Å². The molecule has 5 nitrogen and oxygen atoms in total. The van der Waals surface area contributed by atoms with Gasteiger partial charge in [0.25, 0.3) is 0 Å². The number of carbonyl (C=O) groups is 2. The highest BCUT2D eigenvalue weighted by atomic mass is 35.5. The Morgan fingerprint density at radius 2 is 1.74 bits per heavy atom. The van der Waals surface area contributed by atoms with Crippen LogP contribution in [0.2, 0.25) is 5.02 Å². The molecule has 0 unspecified atom stereocenters. The molecule has 0 radical (unpaired) electrons. The van der Waals surface area contributed by atoms with Crippen LogP contribution in [0.4, 0.5) is 0 Å². The van der Waals surface area contributed by atoms with Crippen molar-refractivity contribution in [1.29, 1.82) is 0 Å². The molecule has 0 amide bonds. The summed E-state index contributed by atoms with van der Waals surface area (Å²) in [5.74, 6) is -2.22. The van der Waals surface area contributed by atoms with Crippen molar-refractivity contribution in [3.8, 4) is 5.75 Å². The van der Waals surface area contributed by atoms with E-state index in [1.54, 1.807) is 24.3 Å². The maximum Gasteiger partial charge on any atom is 0.339 e. The molecule has 0 heterocycles. The Bertz CT molecular complexity index is 766. The van der Waals surface area contributed by atoms with Gasteiger partial charge in [-0.1, -0.05) is 23.7 Å². The second kappa shape index (κ2) is 6.71. The first kappa shape index (κ1) is 16.8. The van der Waals surface area contributed by atoms with Gasteiger partial charge in [0.1, 0.15) is 11.3 Å². The molecule has 0 atom stereocenters. The van der Waals surface area contributed by atoms with E-state index in [2.05, 4.69) is 0 Å². The number of aromatic carboxylic acids is 2. The number of ether oxygens (including phenoxy) is 1. The van der Waals surface area contributed by atoms with Gasteiger partial charge in [-0.2, -0.15) is 0 Å². The summed E-state index contributed by atoms with van der Waals surface area (Å²) in [6.45, 7) is 1.46. The molecule has 0 saturated carbocycles. The third-order valence-corrected chi connectivity index (χ3v) is 3.82. The van der Waals surface area contributed by atoms with Crippen molar-refractivity contribution in [3.05, 3.63) is 63.2 Å².